The Labute approximate surface area is 92.2 Å². The van der Waals surface area contributed by atoms with Gasteiger partial charge in [-0.2, -0.15) is 31.4 Å². The fraction of sp³-hybridized carbons (Fsp3) is 0.625. The molecule has 17 heavy (non-hydrogen) atoms. The van der Waals surface area contributed by atoms with E-state index in [4.69, 9.17) is 5.73 Å². The molecule has 9 heteroatoms. The van der Waals surface area contributed by atoms with Gasteiger partial charge in [-0.3, -0.25) is 4.68 Å². The van der Waals surface area contributed by atoms with Gasteiger partial charge in [0.2, 0.25) is 0 Å². The highest BCUT2D eigenvalue weighted by molar-refractivity contribution is 5.09. The minimum Gasteiger partial charge on any atom is -0.322 e. The lowest BCUT2D eigenvalue weighted by molar-refractivity contribution is -0.290. The number of halogens is 6. The number of hydrogen-bond donors (Lipinski definition) is 1. The molecule has 0 radical (unpaired) electrons. The van der Waals surface area contributed by atoms with E-state index in [0.29, 0.717) is 0 Å². The van der Waals surface area contributed by atoms with Crippen molar-refractivity contribution in [2.45, 2.75) is 18.4 Å². The van der Waals surface area contributed by atoms with Crippen molar-refractivity contribution in [2.24, 2.45) is 18.7 Å². The van der Waals surface area contributed by atoms with Gasteiger partial charge in [-0.05, 0) is 6.07 Å². The second kappa shape index (κ2) is 4.21. The van der Waals surface area contributed by atoms with Crippen LogP contribution in [-0.2, 0) is 7.05 Å². The summed E-state index contributed by atoms with van der Waals surface area (Å²) in [6.07, 6.45) is -9.83. The number of hydrogen-bond acceptors (Lipinski definition) is 2. The van der Waals surface area contributed by atoms with Gasteiger partial charge in [0.1, 0.15) is 0 Å². The standard InChI is InChI=1S/C8H9F6N3/c1-17-4(2-3-16-17)5(15)6(7(9,10)11)8(12,13)14/h2-3,5-6H,15H2,1H3. The van der Waals surface area contributed by atoms with Crippen molar-refractivity contribution in [2.75, 3.05) is 0 Å². The number of nitrogens with two attached hydrogens (primary N) is 1. The maximum Gasteiger partial charge on any atom is 0.402 e. The molecule has 0 saturated heterocycles. The molecule has 0 aromatic carbocycles. The molecule has 0 aliphatic carbocycles. The maximum absolute atomic E-state index is 12.4. The molecule has 1 aromatic heterocycles. The first-order chi connectivity index (χ1) is 7.55. The molecule has 3 nitrogen and oxygen atoms in total. The fourth-order valence-electron chi connectivity index (χ4n) is 1.47. The Morgan fingerprint density at radius 2 is 1.65 bits per heavy atom. The van der Waals surface area contributed by atoms with E-state index in [1.54, 1.807) is 0 Å². The average molecular weight is 261 g/mol. The van der Waals surface area contributed by atoms with Crippen LogP contribution < -0.4 is 5.73 Å². The largest absolute Gasteiger partial charge is 0.402 e. The predicted molar refractivity (Wildman–Crippen MR) is 45.7 cm³/mol. The van der Waals surface area contributed by atoms with Crippen molar-refractivity contribution in [3.63, 3.8) is 0 Å². The molecule has 0 fully saturated rings. The molecule has 0 aliphatic heterocycles. The zero-order valence-corrected chi connectivity index (χ0v) is 8.55. The molecule has 98 valence electrons. The first kappa shape index (κ1) is 13.8. The van der Waals surface area contributed by atoms with Crippen LogP contribution in [0.5, 0.6) is 0 Å². The summed E-state index contributed by atoms with van der Waals surface area (Å²) < 4.78 is 75.0. The molecule has 1 unspecified atom stereocenters. The summed E-state index contributed by atoms with van der Waals surface area (Å²) in [7, 11) is 1.22. The van der Waals surface area contributed by atoms with Crippen LogP contribution >= 0.6 is 0 Å². The van der Waals surface area contributed by atoms with E-state index in [0.717, 1.165) is 16.9 Å². The molecule has 2 N–H and O–H groups in total. The van der Waals surface area contributed by atoms with Gasteiger partial charge in [-0.25, -0.2) is 0 Å². The van der Waals surface area contributed by atoms with Crippen molar-refractivity contribution in [3.05, 3.63) is 18.0 Å². The van der Waals surface area contributed by atoms with Gasteiger partial charge >= 0.3 is 12.4 Å². The van der Waals surface area contributed by atoms with Crippen LogP contribution in [0.1, 0.15) is 11.7 Å². The lowest BCUT2D eigenvalue weighted by atomic mass is 9.96. The lowest BCUT2D eigenvalue weighted by Gasteiger charge is -2.28. The molecule has 0 aliphatic rings. The first-order valence-electron chi connectivity index (χ1n) is 4.42. The Balaban J connectivity index is 3.13. The van der Waals surface area contributed by atoms with E-state index in [1.807, 2.05) is 0 Å². The number of rotatable bonds is 2. The van der Waals surface area contributed by atoms with Crippen LogP contribution in [0, 0.1) is 5.92 Å². The Bertz CT molecular complexity index is 365. The Morgan fingerprint density at radius 1 is 1.18 bits per heavy atom. The van der Waals surface area contributed by atoms with E-state index < -0.39 is 24.3 Å². The fourth-order valence-corrected chi connectivity index (χ4v) is 1.47. The van der Waals surface area contributed by atoms with Crippen LogP contribution in [-0.4, -0.2) is 22.1 Å². The smallest absolute Gasteiger partial charge is 0.322 e. The minimum absolute atomic E-state index is 0.329. The lowest BCUT2D eigenvalue weighted by Crippen LogP contribution is -2.44. The summed E-state index contributed by atoms with van der Waals surface area (Å²) in [5.41, 5.74) is 4.73. The van der Waals surface area contributed by atoms with E-state index in [2.05, 4.69) is 5.10 Å². The molecule has 0 spiro atoms. The highest BCUT2D eigenvalue weighted by Gasteiger charge is 2.60. The Kier molecular flexibility index (Phi) is 3.42. The van der Waals surface area contributed by atoms with E-state index in [9.17, 15) is 26.3 Å². The monoisotopic (exact) mass is 261 g/mol. The Hall–Kier alpha value is -1.25. The predicted octanol–water partition coefficient (Wildman–Crippen LogP) is 2.16. The van der Waals surface area contributed by atoms with Crippen LogP contribution in [0.2, 0.25) is 0 Å². The zero-order chi connectivity index (χ0) is 13.4. The summed E-state index contributed by atoms with van der Waals surface area (Å²) in [5.74, 6) is -3.61. The maximum atomic E-state index is 12.4. The quantitative estimate of drug-likeness (QED) is 0.829. The van der Waals surface area contributed by atoms with Crippen molar-refractivity contribution >= 4 is 0 Å². The average Bonchev–Trinajstić information content (AvgIpc) is 2.45. The summed E-state index contributed by atoms with van der Waals surface area (Å²) in [6, 6.07) is -1.21. The molecule has 1 heterocycles. The summed E-state index contributed by atoms with van der Waals surface area (Å²) >= 11 is 0. The van der Waals surface area contributed by atoms with E-state index >= 15 is 0 Å². The van der Waals surface area contributed by atoms with E-state index in [1.165, 1.54) is 7.05 Å². The molecular formula is C8H9F6N3. The number of aromatic nitrogens is 2. The second-order valence-electron chi connectivity index (χ2n) is 3.47. The normalized spacial score (nSPS) is 15.4. The van der Waals surface area contributed by atoms with Crippen LogP contribution in [0.15, 0.2) is 12.3 Å². The summed E-state index contributed by atoms with van der Waals surface area (Å²) in [6.45, 7) is 0. The van der Waals surface area contributed by atoms with Crippen LogP contribution in [0.25, 0.3) is 0 Å². The summed E-state index contributed by atoms with van der Waals surface area (Å²) in [4.78, 5) is 0. The minimum atomic E-state index is -5.46. The van der Waals surface area contributed by atoms with E-state index in [-0.39, 0.29) is 5.69 Å². The molecule has 0 bridgehead atoms. The van der Waals surface area contributed by atoms with Gasteiger partial charge in [0.15, 0.2) is 5.92 Å². The molecule has 1 rings (SSSR count). The Morgan fingerprint density at radius 3 is 1.94 bits per heavy atom. The van der Waals surface area contributed by atoms with Gasteiger partial charge in [0, 0.05) is 13.2 Å². The van der Waals surface area contributed by atoms with Gasteiger partial charge < -0.3 is 5.73 Å². The first-order valence-corrected chi connectivity index (χ1v) is 4.42. The highest BCUT2D eigenvalue weighted by Crippen LogP contribution is 2.45. The molecule has 0 amide bonds. The number of alkyl halides is 6. The molecule has 1 aromatic rings. The van der Waals surface area contributed by atoms with Crippen LogP contribution in [0.4, 0.5) is 26.3 Å². The topological polar surface area (TPSA) is 43.8 Å². The number of aryl methyl sites for hydroxylation is 1. The van der Waals surface area contributed by atoms with Gasteiger partial charge in [-0.1, -0.05) is 0 Å². The second-order valence-corrected chi connectivity index (χ2v) is 3.47. The SMILES string of the molecule is Cn1nccc1C(N)C(C(F)(F)F)C(F)(F)F. The number of nitrogens with zero attached hydrogens (tertiary/aromatic N) is 2. The van der Waals surface area contributed by atoms with Crippen molar-refractivity contribution < 1.29 is 26.3 Å². The molecule has 0 saturated carbocycles. The van der Waals surface area contributed by atoms with Crippen molar-refractivity contribution in [1.29, 1.82) is 0 Å². The molecular weight excluding hydrogens is 252 g/mol. The highest BCUT2D eigenvalue weighted by atomic mass is 19.4. The van der Waals surface area contributed by atoms with Crippen molar-refractivity contribution in [1.82, 2.24) is 9.78 Å². The third-order valence-electron chi connectivity index (χ3n) is 2.26. The van der Waals surface area contributed by atoms with Gasteiger partial charge in [-0.15, -0.1) is 0 Å². The third-order valence-corrected chi connectivity index (χ3v) is 2.26. The zero-order valence-electron chi connectivity index (χ0n) is 8.55. The van der Waals surface area contributed by atoms with Crippen molar-refractivity contribution in [3.8, 4) is 0 Å². The summed E-state index contributed by atoms with van der Waals surface area (Å²) in [5, 5.41) is 3.49. The molecule has 1 atom stereocenters. The third kappa shape index (κ3) is 2.90. The van der Waals surface area contributed by atoms with Gasteiger partial charge in [0.05, 0.1) is 11.7 Å². The van der Waals surface area contributed by atoms with Crippen LogP contribution in [0.3, 0.4) is 0 Å². The van der Waals surface area contributed by atoms with Gasteiger partial charge in [0.25, 0.3) is 0 Å².